The van der Waals surface area contributed by atoms with E-state index in [9.17, 15) is 14.9 Å². The van der Waals surface area contributed by atoms with E-state index in [2.05, 4.69) is 22.0 Å². The normalized spacial score (nSPS) is 18.2. The van der Waals surface area contributed by atoms with Crippen molar-refractivity contribution in [2.45, 2.75) is 52.4 Å². The number of allylic oxidation sites excluding steroid dienone is 2. The molecule has 7 heteroatoms. The minimum atomic E-state index is -0.580. The predicted molar refractivity (Wildman–Crippen MR) is 143 cm³/mol. The number of thiophene rings is 1. The number of fused-ring (bicyclic) bond motifs is 3. The Labute approximate surface area is 219 Å². The number of methoxy groups -OCH3 is 1. The Balaban J connectivity index is 1.58. The number of hydrogen-bond donors (Lipinski definition) is 1. The highest BCUT2D eigenvalue weighted by molar-refractivity contribution is 7.15. The second-order valence-corrected chi connectivity index (χ2v) is 11.0. The minimum absolute atomic E-state index is 0.0777. The maximum atomic E-state index is 13.8. The number of ether oxygens (including phenoxy) is 1. The van der Waals surface area contributed by atoms with Crippen LogP contribution in [0.4, 0.5) is 0 Å². The molecule has 0 radical (unpaired) electrons. The zero-order valence-corrected chi connectivity index (χ0v) is 22.1. The average Bonchev–Trinajstić information content (AvgIpc) is 3.51. The molecule has 1 aromatic carbocycles. The third kappa shape index (κ3) is 3.29. The number of carbonyl (C=O) groups is 2. The lowest BCUT2D eigenvalue weighted by Gasteiger charge is -2.29. The Kier molecular flexibility index (Phi) is 5.46. The molecule has 3 aliphatic rings. The molecule has 6 rings (SSSR count). The Morgan fingerprint density at radius 1 is 1.16 bits per heavy atom. The zero-order valence-electron chi connectivity index (χ0n) is 21.3. The van der Waals surface area contributed by atoms with Crippen LogP contribution in [0, 0.1) is 25.2 Å². The first-order valence-corrected chi connectivity index (χ1v) is 13.4. The predicted octanol–water partition coefficient (Wildman–Crippen LogP) is 5.65. The number of carbonyl (C=O) groups excluding carboxylic acids is 2. The van der Waals surface area contributed by atoms with Crippen LogP contribution in [-0.2, 0) is 22.4 Å². The van der Waals surface area contributed by atoms with Crippen molar-refractivity contribution in [1.29, 1.82) is 5.26 Å². The number of benzene rings is 1. The topological polar surface area (TPSA) is 84.1 Å². The molecule has 2 aliphatic carbocycles. The van der Waals surface area contributed by atoms with Gasteiger partial charge in [0, 0.05) is 38.7 Å². The molecule has 0 amide bonds. The van der Waals surface area contributed by atoms with E-state index in [-0.39, 0.29) is 5.78 Å². The molecule has 1 N–H and O–H groups in total. The Bertz CT molecular complexity index is 1630. The van der Waals surface area contributed by atoms with E-state index in [1.54, 1.807) is 11.3 Å². The van der Waals surface area contributed by atoms with Gasteiger partial charge in [0.1, 0.15) is 11.1 Å². The molecule has 2 aromatic heterocycles. The van der Waals surface area contributed by atoms with E-state index in [0.29, 0.717) is 22.4 Å². The number of nitrogens with zero attached hydrogens (tertiary/aromatic N) is 2. The highest BCUT2D eigenvalue weighted by Gasteiger charge is 2.44. The highest BCUT2D eigenvalue weighted by atomic mass is 32.1. The Morgan fingerprint density at radius 2 is 1.89 bits per heavy atom. The van der Waals surface area contributed by atoms with E-state index in [4.69, 9.17) is 4.74 Å². The van der Waals surface area contributed by atoms with Gasteiger partial charge in [-0.3, -0.25) is 4.79 Å². The van der Waals surface area contributed by atoms with Crippen molar-refractivity contribution < 1.29 is 14.3 Å². The van der Waals surface area contributed by atoms with Gasteiger partial charge < -0.3 is 14.6 Å². The molecule has 37 heavy (non-hydrogen) atoms. The Morgan fingerprint density at radius 3 is 2.62 bits per heavy atom. The van der Waals surface area contributed by atoms with E-state index in [1.807, 2.05) is 45.0 Å². The van der Waals surface area contributed by atoms with Crippen LogP contribution in [0.2, 0.25) is 0 Å². The number of aromatic nitrogens is 1. The van der Waals surface area contributed by atoms with Gasteiger partial charge in [0.05, 0.1) is 29.9 Å². The third-order valence-corrected chi connectivity index (χ3v) is 9.18. The molecular weight excluding hydrogens is 482 g/mol. The summed E-state index contributed by atoms with van der Waals surface area (Å²) in [5.74, 6) is -1.12. The standard InChI is InChI=1S/C30H27N3O3S/c1-15-13-21(17(3)33(15)29-22(14-31)18-9-7-8-12-23(18)37-29)25-24(30(35)36-4)16(2)32-27-19-10-5-6-11-20(19)28(34)26(25)27/h5-6,10-11,13,25,32H,7-9,12H2,1-4H3/t25-/m1/s1. The summed E-state index contributed by atoms with van der Waals surface area (Å²) in [5, 5.41) is 14.4. The molecule has 0 saturated heterocycles. The van der Waals surface area contributed by atoms with Gasteiger partial charge in [0.25, 0.3) is 0 Å². The highest BCUT2D eigenvalue weighted by Crippen LogP contribution is 2.49. The quantitative estimate of drug-likeness (QED) is 0.462. The van der Waals surface area contributed by atoms with Crippen LogP contribution in [0.15, 0.2) is 47.2 Å². The second kappa shape index (κ2) is 8.60. The van der Waals surface area contributed by atoms with E-state index >= 15 is 0 Å². The second-order valence-electron chi connectivity index (χ2n) is 9.92. The van der Waals surface area contributed by atoms with Gasteiger partial charge in [-0.15, -0.1) is 11.3 Å². The summed E-state index contributed by atoms with van der Waals surface area (Å²) in [6.07, 6.45) is 4.20. The van der Waals surface area contributed by atoms with Gasteiger partial charge in [-0.25, -0.2) is 4.79 Å². The number of hydrogen-bond acceptors (Lipinski definition) is 6. The molecule has 3 heterocycles. The van der Waals surface area contributed by atoms with Gasteiger partial charge in [-0.05, 0) is 63.6 Å². The maximum absolute atomic E-state index is 13.8. The number of Topliss-reactive ketones (excluding diaryl/α,β-unsaturated/α-hetero) is 1. The van der Waals surface area contributed by atoms with E-state index < -0.39 is 11.9 Å². The van der Waals surface area contributed by atoms with Crippen molar-refractivity contribution in [3.8, 4) is 11.1 Å². The lowest BCUT2D eigenvalue weighted by atomic mass is 9.79. The van der Waals surface area contributed by atoms with Crippen molar-refractivity contribution in [1.82, 2.24) is 9.88 Å². The van der Waals surface area contributed by atoms with Crippen molar-refractivity contribution in [2.24, 2.45) is 0 Å². The number of esters is 1. The molecule has 1 aliphatic heterocycles. The number of aryl methyl sites for hydroxylation is 2. The fourth-order valence-corrected chi connectivity index (χ4v) is 7.69. The number of nitrogens with one attached hydrogen (secondary N) is 1. The molecule has 0 spiro atoms. The third-order valence-electron chi connectivity index (χ3n) is 7.90. The number of dihydropyridines is 1. The zero-order chi connectivity index (χ0) is 26.0. The van der Waals surface area contributed by atoms with Gasteiger partial charge >= 0.3 is 5.97 Å². The largest absolute Gasteiger partial charge is 0.466 e. The molecular formula is C30H27N3O3S. The average molecular weight is 510 g/mol. The summed E-state index contributed by atoms with van der Waals surface area (Å²) in [6, 6.07) is 12.1. The Hall–Kier alpha value is -3.89. The van der Waals surface area contributed by atoms with E-state index in [0.717, 1.165) is 64.5 Å². The summed E-state index contributed by atoms with van der Waals surface area (Å²) in [6.45, 7) is 5.89. The summed E-state index contributed by atoms with van der Waals surface area (Å²) in [7, 11) is 1.37. The number of rotatable bonds is 3. The summed E-state index contributed by atoms with van der Waals surface area (Å²) in [4.78, 5) is 28.2. The van der Waals surface area contributed by atoms with Crippen molar-refractivity contribution in [2.75, 3.05) is 7.11 Å². The molecule has 3 aromatic rings. The van der Waals surface area contributed by atoms with Gasteiger partial charge in [-0.1, -0.05) is 24.3 Å². The van der Waals surface area contributed by atoms with Crippen molar-refractivity contribution in [3.05, 3.63) is 91.3 Å². The molecule has 0 saturated carbocycles. The summed E-state index contributed by atoms with van der Waals surface area (Å²) < 4.78 is 7.34. The maximum Gasteiger partial charge on any atom is 0.336 e. The van der Waals surface area contributed by atoms with Crippen molar-refractivity contribution in [3.63, 3.8) is 0 Å². The SMILES string of the molecule is COC(=O)C1=C(C)NC2=C(C(=O)c3ccccc32)[C@@H]1c1cc(C)n(-c2sc3c(c2C#N)CCCC3)c1C. The molecule has 6 nitrogen and oxygen atoms in total. The number of nitriles is 1. The van der Waals surface area contributed by atoms with Gasteiger partial charge in [-0.2, -0.15) is 5.26 Å². The van der Waals surface area contributed by atoms with Crippen LogP contribution in [0.3, 0.4) is 0 Å². The van der Waals surface area contributed by atoms with Gasteiger partial charge in [0.2, 0.25) is 0 Å². The van der Waals surface area contributed by atoms with Crippen LogP contribution >= 0.6 is 11.3 Å². The smallest absolute Gasteiger partial charge is 0.336 e. The van der Waals surface area contributed by atoms with Crippen LogP contribution in [0.1, 0.15) is 74.6 Å². The monoisotopic (exact) mass is 509 g/mol. The minimum Gasteiger partial charge on any atom is -0.466 e. The first-order chi connectivity index (χ1) is 17.9. The number of ketones is 1. The molecule has 1 atom stereocenters. The molecule has 186 valence electrons. The fourth-order valence-electron chi connectivity index (χ4n) is 6.24. The van der Waals surface area contributed by atoms with Crippen molar-refractivity contribution >= 4 is 28.8 Å². The van der Waals surface area contributed by atoms with E-state index in [1.165, 1.54) is 17.6 Å². The summed E-state index contributed by atoms with van der Waals surface area (Å²) >= 11 is 1.70. The molecule has 0 fully saturated rings. The first kappa shape index (κ1) is 23.5. The fraction of sp³-hybridized carbons (Fsp3) is 0.300. The van der Waals surface area contributed by atoms with Crippen LogP contribution in [0.5, 0.6) is 0 Å². The molecule has 0 bridgehead atoms. The lowest BCUT2D eigenvalue weighted by molar-refractivity contribution is -0.136. The van der Waals surface area contributed by atoms with Crippen LogP contribution in [-0.4, -0.2) is 23.4 Å². The molecule has 0 unspecified atom stereocenters. The summed E-state index contributed by atoms with van der Waals surface area (Å²) in [5.41, 5.74) is 8.62. The lowest BCUT2D eigenvalue weighted by Crippen LogP contribution is -2.29. The van der Waals surface area contributed by atoms with Crippen LogP contribution in [0.25, 0.3) is 10.7 Å². The first-order valence-electron chi connectivity index (χ1n) is 12.6. The van der Waals surface area contributed by atoms with Gasteiger partial charge in [0.15, 0.2) is 5.78 Å². The van der Waals surface area contributed by atoms with Crippen LogP contribution < -0.4 is 5.32 Å².